The minimum absolute atomic E-state index is 0.000421. The Kier molecular flexibility index (Phi) is 9.53. The Morgan fingerprint density at radius 2 is 1.70 bits per heavy atom. The normalized spacial score (nSPS) is 16.4. The van der Waals surface area contributed by atoms with E-state index >= 15 is 0 Å². The molecule has 232 valence electrons. The van der Waals surface area contributed by atoms with Gasteiger partial charge in [0, 0.05) is 31.7 Å². The molecule has 3 heterocycles. The van der Waals surface area contributed by atoms with Crippen LogP contribution in [0.4, 0.5) is 0 Å². The van der Waals surface area contributed by atoms with E-state index in [9.17, 15) is 14.4 Å². The predicted molar refractivity (Wildman–Crippen MR) is 169 cm³/mol. The number of rotatable bonds is 10. The Balaban J connectivity index is 1.54. The van der Waals surface area contributed by atoms with E-state index in [0.717, 1.165) is 31.5 Å². The number of carbonyl (C=O) groups is 2. The molecule has 2 aromatic carbocycles. The van der Waals surface area contributed by atoms with Gasteiger partial charge in [0.15, 0.2) is 11.4 Å². The van der Waals surface area contributed by atoms with E-state index in [1.165, 1.54) is 11.3 Å². The van der Waals surface area contributed by atoms with Crippen molar-refractivity contribution in [2.75, 3.05) is 47.0 Å². The second-order valence-corrected chi connectivity index (χ2v) is 11.6. The maximum atomic E-state index is 14.1. The van der Waals surface area contributed by atoms with Crippen molar-refractivity contribution in [3.8, 4) is 17.2 Å². The van der Waals surface area contributed by atoms with Crippen LogP contribution in [0.1, 0.15) is 50.8 Å². The van der Waals surface area contributed by atoms with E-state index in [2.05, 4.69) is 0 Å². The summed E-state index contributed by atoms with van der Waals surface area (Å²) in [6.07, 6.45) is 3.87. The molecule has 0 N–H and O–H groups in total. The minimum Gasteiger partial charge on any atom is -0.497 e. The van der Waals surface area contributed by atoms with Gasteiger partial charge in [-0.05, 0) is 75.6 Å². The highest BCUT2D eigenvalue weighted by Crippen LogP contribution is 2.38. The third kappa shape index (κ3) is 6.14. The summed E-state index contributed by atoms with van der Waals surface area (Å²) >= 11 is 1.26. The number of thiazole rings is 1. The second kappa shape index (κ2) is 13.5. The maximum absolute atomic E-state index is 14.1. The molecule has 2 aliphatic heterocycles. The molecule has 0 aliphatic carbocycles. The second-order valence-electron chi connectivity index (χ2n) is 10.6. The number of hydrogen-bond acceptors (Lipinski definition) is 8. The van der Waals surface area contributed by atoms with Crippen LogP contribution in [-0.2, 0) is 9.59 Å². The standard InChI is InChI=1S/C33H38N4O6S/c1-6-35(7-2)32(40)29-21(3)34-33-37(30(29)25-19-24(41-4)14-15-26(25)42-5)31(39)27(44-33)18-22-10-12-23(13-11-22)43-20-28(38)36-16-8-9-17-36/h10-15,18-19,30H,6-9,16-17,20H2,1-5H3/b27-18-/t30-/m0/s1. The predicted octanol–water partition coefficient (Wildman–Crippen LogP) is 3.12. The van der Waals surface area contributed by atoms with Crippen molar-refractivity contribution in [3.63, 3.8) is 0 Å². The molecule has 10 nitrogen and oxygen atoms in total. The summed E-state index contributed by atoms with van der Waals surface area (Å²) in [4.78, 5) is 49.1. The number of ether oxygens (including phenoxy) is 3. The Hall–Kier alpha value is -4.38. The molecule has 11 heteroatoms. The molecule has 1 fully saturated rings. The highest BCUT2D eigenvalue weighted by Gasteiger charge is 2.36. The third-order valence-corrected chi connectivity index (χ3v) is 9.02. The Bertz CT molecular complexity index is 1750. The average Bonchev–Trinajstić information content (AvgIpc) is 3.68. The van der Waals surface area contributed by atoms with Gasteiger partial charge in [-0.1, -0.05) is 23.5 Å². The van der Waals surface area contributed by atoms with E-state index < -0.39 is 6.04 Å². The monoisotopic (exact) mass is 618 g/mol. The van der Waals surface area contributed by atoms with E-state index in [1.54, 1.807) is 61.0 Å². The lowest BCUT2D eigenvalue weighted by Crippen LogP contribution is -2.43. The molecule has 3 aromatic rings. The van der Waals surface area contributed by atoms with Crippen LogP contribution in [0.15, 0.2) is 63.5 Å². The van der Waals surface area contributed by atoms with E-state index in [0.29, 0.717) is 56.5 Å². The van der Waals surface area contributed by atoms with Crippen molar-refractivity contribution >= 4 is 29.2 Å². The van der Waals surface area contributed by atoms with Gasteiger partial charge >= 0.3 is 0 Å². The fourth-order valence-electron chi connectivity index (χ4n) is 5.64. The van der Waals surface area contributed by atoms with Crippen LogP contribution < -0.4 is 29.1 Å². The zero-order valence-electron chi connectivity index (χ0n) is 25.8. The van der Waals surface area contributed by atoms with Crippen molar-refractivity contribution in [3.05, 3.63) is 84.5 Å². The number of likely N-dealkylation sites (tertiary alicyclic amines) is 1. The molecule has 0 unspecified atom stereocenters. The number of likely N-dealkylation sites (N-methyl/N-ethyl adjacent to an activating group) is 1. The van der Waals surface area contributed by atoms with Crippen LogP contribution in [0.5, 0.6) is 17.2 Å². The van der Waals surface area contributed by atoms with Crippen LogP contribution >= 0.6 is 11.3 Å². The van der Waals surface area contributed by atoms with Crippen molar-refractivity contribution in [1.82, 2.24) is 14.4 Å². The summed E-state index contributed by atoms with van der Waals surface area (Å²) in [5.41, 5.74) is 2.13. The highest BCUT2D eigenvalue weighted by molar-refractivity contribution is 7.07. The lowest BCUT2D eigenvalue weighted by atomic mass is 9.93. The molecule has 0 bridgehead atoms. The van der Waals surface area contributed by atoms with Gasteiger partial charge in [-0.25, -0.2) is 4.99 Å². The largest absolute Gasteiger partial charge is 0.497 e. The molecule has 0 saturated carbocycles. The number of benzene rings is 2. The average molecular weight is 619 g/mol. The van der Waals surface area contributed by atoms with Gasteiger partial charge in [0.1, 0.15) is 23.3 Å². The minimum atomic E-state index is -0.768. The fraction of sp³-hybridized carbons (Fsp3) is 0.394. The summed E-state index contributed by atoms with van der Waals surface area (Å²) in [6.45, 7) is 8.27. The van der Waals surface area contributed by atoms with Gasteiger partial charge in [-0.15, -0.1) is 0 Å². The summed E-state index contributed by atoms with van der Waals surface area (Å²) in [5, 5.41) is 0. The first kappa shape index (κ1) is 31.1. The van der Waals surface area contributed by atoms with Crippen molar-refractivity contribution in [2.45, 2.75) is 39.7 Å². The van der Waals surface area contributed by atoms with E-state index in [1.807, 2.05) is 36.9 Å². The van der Waals surface area contributed by atoms with Gasteiger partial charge in [0.05, 0.1) is 30.0 Å². The lowest BCUT2D eigenvalue weighted by Gasteiger charge is -2.30. The van der Waals surface area contributed by atoms with Crippen molar-refractivity contribution in [1.29, 1.82) is 0 Å². The summed E-state index contributed by atoms with van der Waals surface area (Å²) in [6, 6.07) is 11.9. The van der Waals surface area contributed by atoms with Crippen LogP contribution in [0.3, 0.4) is 0 Å². The zero-order chi connectivity index (χ0) is 31.4. The first-order valence-electron chi connectivity index (χ1n) is 14.8. The molecule has 0 spiro atoms. The Labute approximate surface area is 260 Å². The molecule has 1 atom stereocenters. The lowest BCUT2D eigenvalue weighted by molar-refractivity contribution is -0.132. The van der Waals surface area contributed by atoms with Crippen molar-refractivity contribution < 1.29 is 23.8 Å². The van der Waals surface area contributed by atoms with E-state index in [4.69, 9.17) is 19.2 Å². The summed E-state index contributed by atoms with van der Waals surface area (Å²) in [7, 11) is 3.13. The summed E-state index contributed by atoms with van der Waals surface area (Å²) in [5.74, 6) is 1.50. The number of fused-ring (bicyclic) bond motifs is 1. The van der Waals surface area contributed by atoms with Gasteiger partial charge in [-0.2, -0.15) is 0 Å². The molecule has 1 saturated heterocycles. The number of hydrogen-bond donors (Lipinski definition) is 0. The van der Waals surface area contributed by atoms with Gasteiger partial charge in [0.25, 0.3) is 17.4 Å². The van der Waals surface area contributed by atoms with E-state index in [-0.39, 0.29) is 24.0 Å². The number of amides is 2. The highest BCUT2D eigenvalue weighted by atomic mass is 32.1. The van der Waals surface area contributed by atoms with Gasteiger partial charge in [0.2, 0.25) is 0 Å². The van der Waals surface area contributed by atoms with Crippen LogP contribution in [0, 0.1) is 0 Å². The Morgan fingerprint density at radius 1 is 1.02 bits per heavy atom. The molecule has 0 radical (unpaired) electrons. The topological polar surface area (TPSA) is 103 Å². The smallest absolute Gasteiger partial charge is 0.271 e. The number of nitrogens with zero attached hydrogens (tertiary/aromatic N) is 4. The fourth-order valence-corrected chi connectivity index (χ4v) is 6.68. The zero-order valence-corrected chi connectivity index (χ0v) is 26.6. The molecule has 1 aromatic heterocycles. The number of methoxy groups -OCH3 is 2. The Morgan fingerprint density at radius 3 is 2.34 bits per heavy atom. The van der Waals surface area contributed by atoms with Crippen LogP contribution in [0.2, 0.25) is 0 Å². The third-order valence-electron chi connectivity index (χ3n) is 8.03. The van der Waals surface area contributed by atoms with Crippen LogP contribution in [0.25, 0.3) is 6.08 Å². The number of aromatic nitrogens is 1. The molecular formula is C33H38N4O6S. The molecule has 2 amide bonds. The van der Waals surface area contributed by atoms with Crippen molar-refractivity contribution in [2.24, 2.45) is 4.99 Å². The molecule has 2 aliphatic rings. The SMILES string of the molecule is CCN(CC)C(=O)C1=C(C)N=c2s/c(=C\c3ccc(OCC(=O)N4CCCC4)cc3)c(=O)n2[C@H]1c1cc(OC)ccc1OC. The quantitative estimate of drug-likeness (QED) is 0.346. The molecule has 44 heavy (non-hydrogen) atoms. The first-order chi connectivity index (χ1) is 21.3. The maximum Gasteiger partial charge on any atom is 0.271 e. The van der Waals surface area contributed by atoms with Crippen LogP contribution in [-0.4, -0.2) is 73.2 Å². The first-order valence-corrected chi connectivity index (χ1v) is 15.7. The molecular weight excluding hydrogens is 580 g/mol. The number of carbonyl (C=O) groups excluding carboxylic acids is 2. The summed E-state index contributed by atoms with van der Waals surface area (Å²) < 4.78 is 19.0. The van der Waals surface area contributed by atoms with Gasteiger partial charge in [-0.3, -0.25) is 19.0 Å². The van der Waals surface area contributed by atoms with Gasteiger partial charge < -0.3 is 24.0 Å². The number of allylic oxidation sites excluding steroid dienone is 1. The molecule has 5 rings (SSSR count).